The number of hydrogen-bond donors (Lipinski definition) is 0. The van der Waals surface area contributed by atoms with Gasteiger partial charge in [-0.3, -0.25) is 0 Å². The van der Waals surface area contributed by atoms with Gasteiger partial charge in [-0.25, -0.2) is 44.9 Å². The van der Waals surface area contributed by atoms with Gasteiger partial charge in [-0.1, -0.05) is 364 Å². The van der Waals surface area contributed by atoms with E-state index >= 15 is 0 Å². The Balaban J connectivity index is 0.000000107. The monoisotopic (exact) mass is 1870 g/mol. The maximum atomic E-state index is 6.90. The van der Waals surface area contributed by atoms with Crippen molar-refractivity contribution >= 4 is 163 Å². The summed E-state index contributed by atoms with van der Waals surface area (Å²) < 4.78 is 25.4. The molecule has 0 radical (unpaired) electrons. The van der Waals surface area contributed by atoms with Crippen molar-refractivity contribution in [3.05, 3.63) is 479 Å². The summed E-state index contributed by atoms with van der Waals surface area (Å²) in [6, 6.07) is 166. The molecular weight excluding hydrogens is 1800 g/mol. The van der Waals surface area contributed by atoms with Crippen LogP contribution in [-0.2, 0) is 0 Å². The minimum absolute atomic E-state index is 0.539. The van der Waals surface area contributed by atoms with Gasteiger partial charge in [-0.05, 0) is 115 Å². The number of fused-ring (bicyclic) bond motifs is 21. The Kier molecular flexibility index (Phi) is 20.1. The lowest BCUT2D eigenvalue weighted by atomic mass is 10.1. The van der Waals surface area contributed by atoms with Crippen molar-refractivity contribution in [2.24, 2.45) is 0 Å². The van der Waals surface area contributed by atoms with Crippen molar-refractivity contribution < 1.29 is 8.83 Å². The average molecular weight is 1880 g/mol. The molecule has 0 fully saturated rings. The quantitative estimate of drug-likeness (QED) is 0.108. The summed E-state index contributed by atoms with van der Waals surface area (Å²) in [5, 5.41) is 16.2. The molecule has 0 bridgehead atoms. The molecule has 0 saturated carbocycles. The number of nitrogens with zero attached hydrogens (tertiary/aromatic N) is 13. The maximum absolute atomic E-state index is 6.90. The van der Waals surface area contributed by atoms with E-state index in [9.17, 15) is 0 Å². The van der Waals surface area contributed by atoms with Gasteiger partial charge in [0.25, 0.3) is 0 Å². The second kappa shape index (κ2) is 34.8. The lowest BCUT2D eigenvalue weighted by molar-refractivity contribution is 0.669. The van der Waals surface area contributed by atoms with Crippen LogP contribution in [0.4, 0.5) is 0 Å². The van der Waals surface area contributed by atoms with Gasteiger partial charge >= 0.3 is 0 Å². The van der Waals surface area contributed by atoms with E-state index in [1.807, 2.05) is 176 Å². The number of rotatable bonds is 13. The highest BCUT2D eigenvalue weighted by Crippen LogP contribution is 2.49. The number of furan rings is 2. The summed E-state index contributed by atoms with van der Waals surface area (Å²) in [5.74, 6) is 5.48. The third kappa shape index (κ3) is 14.4. The zero-order valence-corrected chi connectivity index (χ0v) is 78.5. The average Bonchev–Trinajstić information content (AvgIpc) is 1.58. The minimum Gasteiger partial charge on any atom is -0.455 e. The van der Waals surface area contributed by atoms with Crippen molar-refractivity contribution in [3.63, 3.8) is 0 Å². The predicted octanol–water partition coefficient (Wildman–Crippen LogP) is 33.2. The molecule has 10 heterocycles. The van der Waals surface area contributed by atoms with Crippen LogP contribution < -0.4 is 0 Å². The van der Waals surface area contributed by atoms with E-state index in [1.165, 1.54) is 74.3 Å². The summed E-state index contributed by atoms with van der Waals surface area (Å²) in [7, 11) is 0. The third-order valence-electron chi connectivity index (χ3n) is 27.7. The van der Waals surface area contributed by atoms with Gasteiger partial charge in [0, 0.05) is 141 Å². The summed E-state index contributed by atoms with van der Waals surface area (Å²) in [6.45, 7) is 0. The number of para-hydroxylation sites is 9. The zero-order valence-electron chi connectivity index (χ0n) is 77.6. The van der Waals surface area contributed by atoms with Gasteiger partial charge in [0.2, 0.25) is 0 Å². The van der Waals surface area contributed by atoms with Crippen molar-refractivity contribution in [2.75, 3.05) is 0 Å². The topological polar surface area (TPSA) is 162 Å². The van der Waals surface area contributed by atoms with Crippen molar-refractivity contribution in [1.29, 1.82) is 0 Å². The van der Waals surface area contributed by atoms with Crippen molar-refractivity contribution in [1.82, 2.24) is 63.1 Å². The Morgan fingerprint density at radius 3 is 0.848 bits per heavy atom. The number of aromatic nitrogens is 13. The SMILES string of the molecule is c1ccc(-c2nc(-c3ccccc3)nc(-c3c(-n4c5ccccc5c5ccccc54)ccc4c3oc3ccccc34)n2)cc1.c1ccc(-c2nc(-c3ccccc3)nc(-c3cc(-n4c5ccccc5c5ccccc54)cc4c3oc3ccc(-n5c6ccccc6c6ccccc65)cc34)n2)cc1.c1ccc(-c2nc(-c3ccccc3)nc(-c3cc(-n4c5ccccc5c5ccccc54)cc4c3sc3ccccc34)n2)cc1. The second-order valence-electron chi connectivity index (χ2n) is 36.1. The molecule has 20 aromatic carbocycles. The Morgan fingerprint density at radius 2 is 0.455 bits per heavy atom. The molecule has 30 rings (SSSR count). The van der Waals surface area contributed by atoms with E-state index in [2.05, 4.69) is 322 Å². The molecular formula is C129H79N13O2S. The lowest BCUT2D eigenvalue weighted by Gasteiger charge is -2.15. The van der Waals surface area contributed by atoms with Gasteiger partial charge in [0.05, 0.1) is 60.9 Å². The van der Waals surface area contributed by atoms with Crippen LogP contribution in [0.5, 0.6) is 0 Å². The van der Waals surface area contributed by atoms with Crippen LogP contribution in [-0.4, -0.2) is 63.1 Å². The molecule has 145 heavy (non-hydrogen) atoms. The zero-order chi connectivity index (χ0) is 95.5. The summed E-state index contributed by atoms with van der Waals surface area (Å²) in [6.07, 6.45) is 0. The van der Waals surface area contributed by atoms with Crippen molar-refractivity contribution in [2.45, 2.75) is 0 Å². The van der Waals surface area contributed by atoms with E-state index in [4.69, 9.17) is 53.7 Å². The normalized spacial score (nSPS) is 11.7. The fourth-order valence-corrected chi connectivity index (χ4v) is 22.3. The number of benzene rings is 20. The van der Waals surface area contributed by atoms with E-state index < -0.39 is 0 Å². The standard InChI is InChI=1S/C51H31N5O.C39H24N4O.C39H24N4S/c1-3-15-32(16-4-1)49-52-50(33-17-5-2-6-18-33)54-51(53-49)42-31-35(56-45-25-13-9-21-38(45)39-22-10-14-26-46(39)56)30-41-40-29-34(27-28-47(40)57-48(41)42)55-43-23-11-7-19-36(43)37-20-8-12-24-44(37)55;1-3-13-25(14-4-1)37-40-38(26-15-5-2-6-16-26)42-39(41-37)35-33(24-23-30-29-19-9-12-22-34(29)44-36(30)35)43-31-20-10-7-17-27(31)28-18-8-11-21-32(28)43;1-3-13-25(14-4-1)37-40-38(26-15-5-2-6-16-26)42-39(41-37)32-24-27(23-31-30-19-9-12-22-35(30)44-36(31)32)43-33-20-10-7-17-28(33)29-18-8-11-21-34(29)43/h1-31H;2*1-24H. The van der Waals surface area contributed by atoms with Crippen LogP contribution in [0, 0.1) is 0 Å². The molecule has 0 aliphatic carbocycles. The van der Waals surface area contributed by atoms with Gasteiger partial charge in [0.1, 0.15) is 22.3 Å². The van der Waals surface area contributed by atoms with Gasteiger partial charge in [0.15, 0.2) is 52.4 Å². The Labute approximate surface area is 833 Å². The van der Waals surface area contributed by atoms with Crippen LogP contribution in [0.25, 0.3) is 277 Å². The third-order valence-corrected chi connectivity index (χ3v) is 28.9. The molecule has 0 unspecified atom stereocenters. The lowest BCUT2D eigenvalue weighted by Crippen LogP contribution is -2.04. The van der Waals surface area contributed by atoms with Gasteiger partial charge in [-0.15, -0.1) is 11.3 Å². The molecule has 0 amide bonds. The summed E-state index contributed by atoms with van der Waals surface area (Å²) in [4.78, 5) is 45.9. The van der Waals surface area contributed by atoms with E-state index in [-0.39, 0.29) is 0 Å². The van der Waals surface area contributed by atoms with Gasteiger partial charge in [-0.2, -0.15) is 0 Å². The number of hydrogen-bond acceptors (Lipinski definition) is 12. The van der Waals surface area contributed by atoms with Crippen LogP contribution in [0.2, 0.25) is 0 Å². The van der Waals surface area contributed by atoms with Crippen LogP contribution in [0.1, 0.15) is 0 Å². The predicted molar refractivity (Wildman–Crippen MR) is 593 cm³/mol. The first kappa shape index (κ1) is 83.6. The van der Waals surface area contributed by atoms with Gasteiger partial charge < -0.3 is 27.1 Å². The highest BCUT2D eigenvalue weighted by atomic mass is 32.1. The first-order valence-corrected chi connectivity index (χ1v) is 49.2. The first-order valence-electron chi connectivity index (χ1n) is 48.4. The molecule has 0 N–H and O–H groups in total. The molecule has 0 saturated heterocycles. The highest BCUT2D eigenvalue weighted by molar-refractivity contribution is 7.26. The largest absolute Gasteiger partial charge is 0.455 e. The first-order chi connectivity index (χ1) is 71.9. The molecule has 0 spiro atoms. The Bertz CT molecular complexity index is 9980. The highest BCUT2D eigenvalue weighted by Gasteiger charge is 2.29. The smallest absolute Gasteiger partial charge is 0.170 e. The minimum atomic E-state index is 0.539. The Hall–Kier alpha value is -19.6. The van der Waals surface area contributed by atoms with Crippen LogP contribution in [0.15, 0.2) is 488 Å². The molecule has 678 valence electrons. The Morgan fingerprint density at radius 1 is 0.172 bits per heavy atom. The molecule has 0 atom stereocenters. The molecule has 0 aliphatic heterocycles. The second-order valence-corrected chi connectivity index (χ2v) is 37.2. The fourth-order valence-electron chi connectivity index (χ4n) is 21.1. The summed E-state index contributed by atoms with van der Waals surface area (Å²) >= 11 is 1.79. The van der Waals surface area contributed by atoms with E-state index in [0.29, 0.717) is 52.4 Å². The molecule has 15 nitrogen and oxygen atoms in total. The molecule has 30 aromatic rings. The maximum Gasteiger partial charge on any atom is 0.170 e. The molecule has 10 aromatic heterocycles. The van der Waals surface area contributed by atoms with Crippen molar-refractivity contribution in [3.8, 4) is 125 Å². The summed E-state index contributed by atoms with van der Waals surface area (Å²) in [5.41, 5.74) is 24.4. The van der Waals surface area contributed by atoms with E-state index in [0.717, 1.165) is 150 Å². The molecule has 16 heteroatoms. The molecule has 0 aliphatic rings. The fraction of sp³-hybridized carbons (Fsp3) is 0. The van der Waals surface area contributed by atoms with Crippen LogP contribution in [0.3, 0.4) is 0 Å². The number of thiophene rings is 1. The van der Waals surface area contributed by atoms with Crippen LogP contribution >= 0.6 is 11.3 Å². The van der Waals surface area contributed by atoms with E-state index in [1.54, 1.807) is 11.3 Å².